The van der Waals surface area contributed by atoms with Gasteiger partial charge in [-0.3, -0.25) is 4.79 Å². The zero-order chi connectivity index (χ0) is 18.1. The smallest absolute Gasteiger partial charge is 0.330 e. The first-order valence-corrected chi connectivity index (χ1v) is 7.71. The van der Waals surface area contributed by atoms with E-state index in [9.17, 15) is 19.1 Å². The van der Waals surface area contributed by atoms with Gasteiger partial charge in [0.15, 0.2) is 11.6 Å². The molecule has 0 radical (unpaired) electrons. The molecule has 2 atom stereocenters. The highest BCUT2D eigenvalue weighted by atomic mass is 19.1. The van der Waals surface area contributed by atoms with Gasteiger partial charge in [0, 0.05) is 18.4 Å². The lowest BCUT2D eigenvalue weighted by atomic mass is 9.54. The van der Waals surface area contributed by atoms with E-state index < -0.39 is 28.6 Å². The minimum atomic E-state index is -1.51. The quantitative estimate of drug-likeness (QED) is 0.830. The van der Waals surface area contributed by atoms with E-state index in [1.54, 1.807) is 13.8 Å². The third-order valence-electron chi connectivity index (χ3n) is 4.88. The van der Waals surface area contributed by atoms with Gasteiger partial charge in [-0.1, -0.05) is 19.9 Å². The number of rotatable bonds is 6. The lowest BCUT2D eigenvalue weighted by Gasteiger charge is -2.58. The van der Waals surface area contributed by atoms with Crippen LogP contribution in [0.4, 0.5) is 4.39 Å². The Kier molecular flexibility index (Phi) is 4.85. The molecule has 1 aliphatic rings. The molecule has 0 heterocycles. The van der Waals surface area contributed by atoms with Gasteiger partial charge in [-0.05, 0) is 19.1 Å². The van der Waals surface area contributed by atoms with Crippen molar-refractivity contribution in [3.63, 3.8) is 0 Å². The molecule has 1 aromatic rings. The van der Waals surface area contributed by atoms with Gasteiger partial charge in [0.2, 0.25) is 0 Å². The summed E-state index contributed by atoms with van der Waals surface area (Å²) < 4.78 is 24.6. The maximum Gasteiger partial charge on any atom is 0.330 e. The number of hydrogen-bond donors (Lipinski definition) is 2. The van der Waals surface area contributed by atoms with Crippen LogP contribution in [0.5, 0.6) is 5.75 Å². The first-order valence-electron chi connectivity index (χ1n) is 7.71. The summed E-state index contributed by atoms with van der Waals surface area (Å²) in [6.45, 7) is 5.70. The molecular formula is C17H22FNO5. The summed E-state index contributed by atoms with van der Waals surface area (Å²) in [5.41, 5.74) is -2.61. The van der Waals surface area contributed by atoms with Gasteiger partial charge in [-0.25, -0.2) is 9.18 Å². The lowest BCUT2D eigenvalue weighted by molar-refractivity contribution is -0.190. The molecule has 2 N–H and O–H groups in total. The van der Waals surface area contributed by atoms with Crippen molar-refractivity contribution in [2.24, 2.45) is 5.41 Å². The van der Waals surface area contributed by atoms with Gasteiger partial charge in [-0.2, -0.15) is 0 Å². The number of halogens is 1. The average Bonchev–Trinajstić information content (AvgIpc) is 2.53. The van der Waals surface area contributed by atoms with Crippen LogP contribution in [0.25, 0.3) is 0 Å². The molecular weight excluding hydrogens is 317 g/mol. The Labute approximate surface area is 139 Å². The van der Waals surface area contributed by atoms with Crippen molar-refractivity contribution >= 4 is 11.9 Å². The first-order chi connectivity index (χ1) is 11.2. The van der Waals surface area contributed by atoms with Crippen molar-refractivity contribution in [2.75, 3.05) is 13.7 Å². The number of carboxylic acids is 1. The molecule has 0 aromatic heterocycles. The third kappa shape index (κ3) is 2.62. The van der Waals surface area contributed by atoms with E-state index in [2.05, 4.69) is 5.32 Å². The molecule has 0 aliphatic heterocycles. The first kappa shape index (κ1) is 18.2. The van der Waals surface area contributed by atoms with Crippen LogP contribution in [0.3, 0.4) is 0 Å². The van der Waals surface area contributed by atoms with Crippen molar-refractivity contribution in [1.82, 2.24) is 5.32 Å². The Hall–Kier alpha value is -2.15. The monoisotopic (exact) mass is 339 g/mol. The standard InChI is InChI=1S/C17H22FNO5/c1-5-24-12-9-17(15(21)22,16(12,2)3)19-14(20)10-7-6-8-11(23-4)13(10)18/h6-8,12H,5,9H2,1-4H3,(H,19,20)(H,21,22). The van der Waals surface area contributed by atoms with Crippen molar-refractivity contribution in [3.8, 4) is 5.75 Å². The van der Waals surface area contributed by atoms with Crippen LogP contribution in [-0.2, 0) is 9.53 Å². The molecule has 132 valence electrons. The molecule has 0 bridgehead atoms. The number of benzene rings is 1. The number of aliphatic carboxylic acids is 1. The molecule has 0 spiro atoms. The normalized spacial score (nSPS) is 24.8. The second-order valence-electron chi connectivity index (χ2n) is 6.36. The summed E-state index contributed by atoms with van der Waals surface area (Å²) >= 11 is 0. The van der Waals surface area contributed by atoms with Gasteiger partial charge in [0.05, 0.1) is 18.8 Å². The Morgan fingerprint density at radius 3 is 2.58 bits per heavy atom. The fourth-order valence-electron chi connectivity index (χ4n) is 3.14. The summed E-state index contributed by atoms with van der Waals surface area (Å²) in [6, 6.07) is 4.14. The van der Waals surface area contributed by atoms with E-state index in [-0.39, 0.29) is 23.8 Å². The zero-order valence-electron chi connectivity index (χ0n) is 14.2. The summed E-state index contributed by atoms with van der Waals surface area (Å²) in [6.07, 6.45) is -0.172. The van der Waals surface area contributed by atoms with Gasteiger partial charge in [-0.15, -0.1) is 0 Å². The largest absolute Gasteiger partial charge is 0.494 e. The van der Waals surface area contributed by atoms with Gasteiger partial charge in [0.25, 0.3) is 5.91 Å². The molecule has 1 amide bonds. The highest BCUT2D eigenvalue weighted by molar-refractivity contribution is 5.99. The molecule has 1 saturated carbocycles. The fourth-order valence-corrected chi connectivity index (χ4v) is 3.14. The van der Waals surface area contributed by atoms with Crippen LogP contribution in [0.2, 0.25) is 0 Å². The van der Waals surface area contributed by atoms with Gasteiger partial charge in [0.1, 0.15) is 5.54 Å². The Morgan fingerprint density at radius 2 is 2.08 bits per heavy atom. The molecule has 1 aromatic carbocycles. The molecule has 0 saturated heterocycles. The molecule has 2 unspecified atom stereocenters. The molecule has 6 nitrogen and oxygen atoms in total. The predicted molar refractivity (Wildman–Crippen MR) is 84.6 cm³/mol. The van der Waals surface area contributed by atoms with Gasteiger partial charge >= 0.3 is 5.97 Å². The second-order valence-corrected chi connectivity index (χ2v) is 6.36. The van der Waals surface area contributed by atoms with E-state index in [0.717, 1.165) is 0 Å². The van der Waals surface area contributed by atoms with Gasteiger partial charge < -0.3 is 19.9 Å². The number of carboxylic acid groups (broad SMARTS) is 1. The Balaban J connectivity index is 2.31. The Bertz CT molecular complexity index is 660. The van der Waals surface area contributed by atoms with Crippen LogP contribution >= 0.6 is 0 Å². The van der Waals surface area contributed by atoms with E-state index in [1.165, 1.54) is 25.3 Å². The maximum atomic E-state index is 14.3. The van der Waals surface area contributed by atoms with E-state index in [4.69, 9.17) is 9.47 Å². The maximum absolute atomic E-state index is 14.3. The van der Waals surface area contributed by atoms with Crippen molar-refractivity contribution < 1.29 is 28.6 Å². The minimum Gasteiger partial charge on any atom is -0.494 e. The molecule has 24 heavy (non-hydrogen) atoms. The predicted octanol–water partition coefficient (Wildman–Crippen LogP) is 2.22. The number of carbonyl (C=O) groups is 2. The van der Waals surface area contributed by atoms with Crippen molar-refractivity contribution in [3.05, 3.63) is 29.6 Å². The molecule has 1 fully saturated rings. The molecule has 7 heteroatoms. The van der Waals surface area contributed by atoms with Crippen LogP contribution in [0, 0.1) is 11.2 Å². The van der Waals surface area contributed by atoms with Crippen LogP contribution in [0.15, 0.2) is 18.2 Å². The summed E-state index contributed by atoms with van der Waals surface area (Å²) in [5, 5.41) is 12.2. The highest BCUT2D eigenvalue weighted by Crippen LogP contribution is 2.51. The van der Waals surface area contributed by atoms with E-state index in [0.29, 0.717) is 6.61 Å². The summed E-state index contributed by atoms with van der Waals surface area (Å²) in [5.74, 6) is -2.86. The van der Waals surface area contributed by atoms with Crippen LogP contribution < -0.4 is 10.1 Å². The fraction of sp³-hybridized carbons (Fsp3) is 0.529. The van der Waals surface area contributed by atoms with Crippen LogP contribution in [-0.4, -0.2) is 42.3 Å². The number of methoxy groups -OCH3 is 1. The lowest BCUT2D eigenvalue weighted by Crippen LogP contribution is -2.76. The summed E-state index contributed by atoms with van der Waals surface area (Å²) in [7, 11) is 1.29. The van der Waals surface area contributed by atoms with E-state index >= 15 is 0 Å². The topological polar surface area (TPSA) is 84.9 Å². The van der Waals surface area contributed by atoms with Crippen molar-refractivity contribution in [2.45, 2.75) is 38.8 Å². The van der Waals surface area contributed by atoms with E-state index in [1.807, 2.05) is 6.92 Å². The highest BCUT2D eigenvalue weighted by Gasteiger charge is 2.66. The Morgan fingerprint density at radius 1 is 1.42 bits per heavy atom. The number of ether oxygens (including phenoxy) is 2. The zero-order valence-corrected chi connectivity index (χ0v) is 14.2. The number of carbonyl (C=O) groups excluding carboxylic acids is 1. The average molecular weight is 339 g/mol. The number of hydrogen-bond acceptors (Lipinski definition) is 4. The summed E-state index contributed by atoms with van der Waals surface area (Å²) in [4.78, 5) is 24.3. The van der Waals surface area contributed by atoms with Crippen molar-refractivity contribution in [1.29, 1.82) is 0 Å². The third-order valence-corrected chi connectivity index (χ3v) is 4.88. The second kappa shape index (κ2) is 6.39. The minimum absolute atomic E-state index is 0.0768. The number of amides is 1. The SMILES string of the molecule is CCOC1CC(NC(=O)c2cccc(OC)c2F)(C(=O)O)C1(C)C. The number of nitrogens with one attached hydrogen (secondary N) is 1. The molecule has 1 aliphatic carbocycles. The van der Waals surface area contributed by atoms with Crippen LogP contribution in [0.1, 0.15) is 37.6 Å². The molecule has 2 rings (SSSR count).